The monoisotopic (exact) mass is 517 g/mol. The van der Waals surface area contributed by atoms with Crippen molar-refractivity contribution in [1.29, 1.82) is 5.26 Å². The molecule has 0 bridgehead atoms. The first-order valence-corrected chi connectivity index (χ1v) is 12.0. The fraction of sp³-hybridized carbons (Fsp3) is 0.0294. The number of carbonyl (C=O) groups is 2. The van der Waals surface area contributed by atoms with Crippen LogP contribution in [0.5, 0.6) is 0 Å². The smallest absolute Gasteiger partial charge is 0.512 e. The minimum absolute atomic E-state index is 0. The summed E-state index contributed by atoms with van der Waals surface area (Å²) in [6.45, 7) is 4.75. The molecule has 5 heteroatoms. The van der Waals surface area contributed by atoms with E-state index in [1.807, 2.05) is 121 Å². The van der Waals surface area contributed by atoms with Crippen molar-refractivity contribution in [2.75, 3.05) is 0 Å². The topological polar surface area (TPSA) is 78.2 Å². The van der Waals surface area contributed by atoms with Gasteiger partial charge in [0.25, 0.3) is 0 Å². The maximum absolute atomic E-state index is 12.7. The largest absolute Gasteiger partial charge is 1.00 e. The second-order valence-corrected chi connectivity index (χ2v) is 8.66. The average Bonchev–Trinajstić information content (AvgIpc) is 3.00. The Morgan fingerprint density at radius 1 is 0.615 bits per heavy atom. The molecular weight excluding hydrogens is 493 g/mol. The van der Waals surface area contributed by atoms with E-state index in [2.05, 4.69) is 0 Å². The first kappa shape index (κ1) is 29.4. The van der Waals surface area contributed by atoms with Crippen molar-refractivity contribution in [2.45, 2.75) is 6.10 Å². The van der Waals surface area contributed by atoms with Gasteiger partial charge in [0, 0.05) is 11.1 Å². The van der Waals surface area contributed by atoms with Crippen LogP contribution in [-0.4, -0.2) is 17.2 Å². The number of aliphatic hydroxyl groups excluding tert-OH is 1. The van der Waals surface area contributed by atoms with Crippen molar-refractivity contribution in [2.24, 2.45) is 0 Å². The summed E-state index contributed by atoms with van der Waals surface area (Å²) < 4.78 is 0. The number of nitrogens with zero attached hydrogens (tertiary/aromatic N) is 1. The molecule has 4 nitrogen and oxygen atoms in total. The molecule has 0 heterocycles. The molecule has 39 heavy (non-hydrogen) atoms. The number of rotatable bonds is 4. The molecule has 0 aliphatic rings. The number of aliphatic hydroxyl groups is 1. The quantitative estimate of drug-likeness (QED) is 0.160. The fourth-order valence-electron chi connectivity index (χ4n) is 4.31. The van der Waals surface area contributed by atoms with Gasteiger partial charge in [-0.15, -0.1) is 0 Å². The number of fused-ring (bicyclic) bond motifs is 3. The molecule has 0 amide bonds. The molecule has 1 atom stereocenters. The zero-order valence-corrected chi connectivity index (χ0v) is 23.5. The van der Waals surface area contributed by atoms with Crippen LogP contribution in [0.1, 0.15) is 32.4 Å². The number of aldehydes is 1. The summed E-state index contributed by atoms with van der Waals surface area (Å²) in [5.41, 5.74) is 1.87. The molecule has 1 N–H and O–H groups in total. The van der Waals surface area contributed by atoms with Crippen LogP contribution in [0.15, 0.2) is 127 Å². The van der Waals surface area contributed by atoms with Crippen molar-refractivity contribution in [3.8, 4) is 0 Å². The van der Waals surface area contributed by atoms with E-state index in [1.54, 1.807) is 6.07 Å². The van der Waals surface area contributed by atoms with E-state index in [-0.39, 0.29) is 35.3 Å². The van der Waals surface area contributed by atoms with Crippen LogP contribution in [0.4, 0.5) is 0 Å². The predicted octanol–water partition coefficient (Wildman–Crippen LogP) is 4.66. The van der Waals surface area contributed by atoms with Gasteiger partial charge < -0.3 is 16.9 Å². The van der Waals surface area contributed by atoms with Crippen molar-refractivity contribution in [3.63, 3.8) is 0 Å². The molecule has 184 valence electrons. The van der Waals surface area contributed by atoms with Gasteiger partial charge in [0.1, 0.15) is 12.4 Å². The molecular formula is C34H24NNaO3. The van der Waals surface area contributed by atoms with Crippen LogP contribution in [0, 0.1) is 11.8 Å². The van der Waals surface area contributed by atoms with Crippen molar-refractivity contribution in [3.05, 3.63) is 151 Å². The van der Waals surface area contributed by atoms with E-state index in [1.165, 1.54) is 5.39 Å². The van der Waals surface area contributed by atoms with E-state index in [0.717, 1.165) is 38.8 Å². The Balaban J connectivity index is 0.000000237. The maximum atomic E-state index is 12.7. The Bertz CT molecular complexity index is 1760. The minimum atomic E-state index is -1.16. The molecule has 0 aromatic heterocycles. The van der Waals surface area contributed by atoms with Crippen molar-refractivity contribution < 1.29 is 44.3 Å². The van der Waals surface area contributed by atoms with Crippen LogP contribution >= 0.6 is 0 Å². The predicted molar refractivity (Wildman–Crippen MR) is 151 cm³/mol. The number of carbonyl (C=O) groups excluding carboxylic acids is 2. The summed E-state index contributed by atoms with van der Waals surface area (Å²) in [5, 5.41) is 23.2. The third kappa shape index (κ3) is 7.06. The second-order valence-electron chi connectivity index (χ2n) is 8.66. The van der Waals surface area contributed by atoms with E-state index in [0.29, 0.717) is 11.1 Å². The molecule has 0 saturated carbocycles. The van der Waals surface area contributed by atoms with E-state index in [9.17, 15) is 14.7 Å². The zero-order valence-electron chi connectivity index (χ0n) is 21.5. The first-order valence-electron chi connectivity index (χ1n) is 12.0. The van der Waals surface area contributed by atoms with Crippen LogP contribution < -0.4 is 29.6 Å². The Kier molecular flexibility index (Phi) is 10.7. The van der Waals surface area contributed by atoms with Crippen LogP contribution in [0.25, 0.3) is 32.3 Å². The Labute approximate surface area is 249 Å². The van der Waals surface area contributed by atoms with Crippen LogP contribution in [0.2, 0.25) is 0 Å². The van der Waals surface area contributed by atoms with Crippen LogP contribution in [0.3, 0.4) is 0 Å². The van der Waals surface area contributed by atoms with Gasteiger partial charge in [0.15, 0.2) is 5.78 Å². The number of ketones is 1. The summed E-state index contributed by atoms with van der Waals surface area (Å²) in [4.78, 5) is 23.1. The minimum Gasteiger partial charge on any atom is -0.512 e. The van der Waals surface area contributed by atoms with Gasteiger partial charge in [-0.2, -0.15) is 0 Å². The summed E-state index contributed by atoms with van der Waals surface area (Å²) in [6.07, 6.45) is -0.289. The number of hydrogen-bond donors (Lipinski definition) is 1. The summed E-state index contributed by atoms with van der Waals surface area (Å²) in [5.74, 6) is -0.281. The molecule has 0 fully saturated rings. The fourth-order valence-corrected chi connectivity index (χ4v) is 4.31. The third-order valence-corrected chi connectivity index (χ3v) is 6.28. The average molecular weight is 518 g/mol. The Hall–Kier alpha value is -4.11. The Morgan fingerprint density at radius 2 is 1.05 bits per heavy atom. The van der Waals surface area contributed by atoms with Crippen molar-refractivity contribution >= 4 is 44.4 Å². The van der Waals surface area contributed by atoms with E-state index < -0.39 is 6.10 Å². The summed E-state index contributed by atoms with van der Waals surface area (Å²) in [7, 11) is 0. The van der Waals surface area contributed by atoms with Crippen LogP contribution in [-0.2, 0) is 0 Å². The second kappa shape index (κ2) is 14.2. The first-order chi connectivity index (χ1) is 18.6. The van der Waals surface area contributed by atoms with Gasteiger partial charge in [-0.3, -0.25) is 9.59 Å². The molecule has 6 aromatic rings. The maximum Gasteiger partial charge on any atom is 1.00 e. The van der Waals surface area contributed by atoms with Crippen molar-refractivity contribution in [1.82, 2.24) is 0 Å². The van der Waals surface area contributed by atoms with Gasteiger partial charge in [-0.05, 0) is 56.1 Å². The number of benzene rings is 6. The molecule has 0 aliphatic heterocycles. The zero-order chi connectivity index (χ0) is 26.9. The number of hydrogen-bond acceptors (Lipinski definition) is 4. The van der Waals surface area contributed by atoms with E-state index >= 15 is 0 Å². The van der Waals surface area contributed by atoms with Gasteiger partial charge in [-0.25, -0.2) is 0 Å². The summed E-state index contributed by atoms with van der Waals surface area (Å²) in [6, 6.07) is 40.6. The molecule has 0 spiro atoms. The normalized spacial score (nSPS) is 10.7. The summed E-state index contributed by atoms with van der Waals surface area (Å²) >= 11 is 0. The molecule has 6 rings (SSSR count). The van der Waals surface area contributed by atoms with Gasteiger partial charge >= 0.3 is 29.6 Å². The van der Waals surface area contributed by atoms with Gasteiger partial charge in [0.05, 0.1) is 0 Å². The third-order valence-electron chi connectivity index (χ3n) is 6.28. The molecule has 0 saturated heterocycles. The van der Waals surface area contributed by atoms with E-state index in [4.69, 9.17) is 11.8 Å². The van der Waals surface area contributed by atoms with Gasteiger partial charge in [0.2, 0.25) is 0 Å². The molecule has 1 unspecified atom stereocenters. The molecule has 0 aliphatic carbocycles. The molecule has 6 aromatic carbocycles. The molecule has 0 radical (unpaired) electrons. The SMILES string of the molecule is O=C(c1ccc2ccccc2c1)C(O)c1ccc2ccccc2c1.O=Cc1ccc2ccccc2c1.[C-]#N.[Na+]. The standard InChI is InChI=1S/C22H16O2.C11H8O.CN.Na/c23-21(19-11-9-15-5-1-3-7-17(15)13-19)22(24)20-12-10-16-6-2-4-8-18(16)14-20;12-8-9-5-6-10-3-1-2-4-11(10)7-9;1-2;/h1-14,21,23H;1-8H;;/q;;-1;+1. The Morgan fingerprint density at radius 3 is 1.59 bits per heavy atom. The van der Waals surface area contributed by atoms with Gasteiger partial charge in [-0.1, -0.05) is 109 Å². The number of Topliss-reactive ketones (excluding diaryl/α,β-unsaturated/α-hetero) is 1.